The SMILES string of the molecule is CSC1=NCCOc2c1ccc1ccccc21. The van der Waals surface area contributed by atoms with E-state index in [1.54, 1.807) is 11.8 Å². The van der Waals surface area contributed by atoms with Crippen LogP contribution >= 0.6 is 11.8 Å². The van der Waals surface area contributed by atoms with E-state index in [4.69, 9.17) is 4.74 Å². The van der Waals surface area contributed by atoms with Crippen molar-refractivity contribution in [3.8, 4) is 5.75 Å². The lowest BCUT2D eigenvalue weighted by molar-refractivity contribution is 0.335. The topological polar surface area (TPSA) is 21.6 Å². The molecule has 0 atom stereocenters. The van der Waals surface area contributed by atoms with Gasteiger partial charge in [0, 0.05) is 10.9 Å². The van der Waals surface area contributed by atoms with Crippen LogP contribution in [-0.4, -0.2) is 24.5 Å². The summed E-state index contributed by atoms with van der Waals surface area (Å²) in [6.07, 6.45) is 2.06. The number of rotatable bonds is 0. The zero-order chi connectivity index (χ0) is 11.7. The number of benzene rings is 2. The molecule has 0 radical (unpaired) electrons. The fourth-order valence-electron chi connectivity index (χ4n) is 2.12. The Hall–Kier alpha value is -1.48. The Labute approximate surface area is 105 Å². The van der Waals surface area contributed by atoms with Crippen LogP contribution in [0, 0.1) is 0 Å². The van der Waals surface area contributed by atoms with Gasteiger partial charge in [-0.15, -0.1) is 11.8 Å². The first-order valence-corrected chi connectivity index (χ1v) is 6.86. The number of aliphatic imine (C=N–C) groups is 1. The third kappa shape index (κ3) is 1.80. The van der Waals surface area contributed by atoms with Gasteiger partial charge in [-0.3, -0.25) is 4.99 Å². The molecule has 2 aromatic carbocycles. The molecule has 86 valence electrons. The summed E-state index contributed by atoms with van der Waals surface area (Å²) in [5.41, 5.74) is 1.12. The standard InChI is InChI=1S/C14H13NOS/c1-17-14-12-7-6-10-4-2-3-5-11(10)13(12)16-9-8-15-14/h2-7H,8-9H2,1H3. The molecule has 3 rings (SSSR count). The maximum Gasteiger partial charge on any atom is 0.137 e. The van der Waals surface area contributed by atoms with Crippen molar-refractivity contribution >= 4 is 27.6 Å². The molecule has 0 bridgehead atoms. The van der Waals surface area contributed by atoms with Crippen molar-refractivity contribution in [1.82, 2.24) is 0 Å². The van der Waals surface area contributed by atoms with Gasteiger partial charge >= 0.3 is 0 Å². The van der Waals surface area contributed by atoms with E-state index in [0.717, 1.165) is 22.9 Å². The predicted octanol–water partition coefficient (Wildman–Crippen LogP) is 3.34. The Kier molecular flexibility index (Phi) is 2.77. The third-order valence-electron chi connectivity index (χ3n) is 2.90. The third-order valence-corrected chi connectivity index (χ3v) is 3.63. The van der Waals surface area contributed by atoms with E-state index in [1.807, 2.05) is 6.07 Å². The van der Waals surface area contributed by atoms with E-state index in [-0.39, 0.29) is 0 Å². The van der Waals surface area contributed by atoms with Gasteiger partial charge in [-0.25, -0.2) is 0 Å². The molecular weight excluding hydrogens is 230 g/mol. The average Bonchev–Trinajstić information content (AvgIpc) is 2.60. The van der Waals surface area contributed by atoms with Crippen LogP contribution in [0.25, 0.3) is 10.8 Å². The number of nitrogens with zero attached hydrogens (tertiary/aromatic N) is 1. The molecule has 0 unspecified atom stereocenters. The second kappa shape index (κ2) is 4.41. The lowest BCUT2D eigenvalue weighted by Gasteiger charge is -2.11. The van der Waals surface area contributed by atoms with Crippen LogP contribution in [0.1, 0.15) is 5.56 Å². The highest BCUT2D eigenvalue weighted by Gasteiger charge is 2.15. The normalized spacial score (nSPS) is 14.8. The van der Waals surface area contributed by atoms with Gasteiger partial charge in [0.2, 0.25) is 0 Å². The predicted molar refractivity (Wildman–Crippen MR) is 74.4 cm³/mol. The van der Waals surface area contributed by atoms with E-state index in [0.29, 0.717) is 6.61 Å². The van der Waals surface area contributed by atoms with Crippen LogP contribution in [0.4, 0.5) is 0 Å². The van der Waals surface area contributed by atoms with Crippen molar-refractivity contribution < 1.29 is 4.74 Å². The van der Waals surface area contributed by atoms with Crippen molar-refractivity contribution in [2.24, 2.45) is 4.99 Å². The summed E-state index contributed by atoms with van der Waals surface area (Å²) >= 11 is 1.68. The summed E-state index contributed by atoms with van der Waals surface area (Å²) in [4.78, 5) is 4.54. The minimum absolute atomic E-state index is 0.658. The van der Waals surface area contributed by atoms with E-state index < -0.39 is 0 Å². The highest BCUT2D eigenvalue weighted by Crippen LogP contribution is 2.33. The quantitative estimate of drug-likeness (QED) is 0.707. The molecule has 2 aromatic rings. The first-order valence-electron chi connectivity index (χ1n) is 5.63. The Morgan fingerprint density at radius 2 is 2.06 bits per heavy atom. The van der Waals surface area contributed by atoms with Gasteiger partial charge in [0.15, 0.2) is 0 Å². The molecule has 0 aromatic heterocycles. The number of ether oxygens (including phenoxy) is 1. The van der Waals surface area contributed by atoms with Crippen LogP contribution in [0.5, 0.6) is 5.75 Å². The number of thioether (sulfide) groups is 1. The smallest absolute Gasteiger partial charge is 0.137 e. The molecule has 0 aliphatic carbocycles. The van der Waals surface area contributed by atoms with E-state index in [2.05, 4.69) is 41.6 Å². The van der Waals surface area contributed by atoms with Crippen molar-refractivity contribution in [3.63, 3.8) is 0 Å². The first kappa shape index (κ1) is 10.7. The lowest BCUT2D eigenvalue weighted by atomic mass is 10.1. The van der Waals surface area contributed by atoms with Gasteiger partial charge in [0.25, 0.3) is 0 Å². The molecule has 0 saturated heterocycles. The fraction of sp³-hybridized carbons (Fsp3) is 0.214. The molecule has 1 heterocycles. The van der Waals surface area contributed by atoms with Crippen molar-refractivity contribution in [2.45, 2.75) is 0 Å². The van der Waals surface area contributed by atoms with Crippen molar-refractivity contribution in [1.29, 1.82) is 0 Å². The molecular formula is C14H13NOS. The Bertz CT molecular complexity index is 592. The lowest BCUT2D eigenvalue weighted by Crippen LogP contribution is -2.00. The fourth-order valence-corrected chi connectivity index (χ4v) is 2.72. The summed E-state index contributed by atoms with van der Waals surface area (Å²) in [6.45, 7) is 1.39. The summed E-state index contributed by atoms with van der Waals surface area (Å²) in [6, 6.07) is 12.6. The minimum atomic E-state index is 0.658. The second-order valence-corrected chi connectivity index (χ2v) is 4.70. The maximum atomic E-state index is 5.87. The van der Waals surface area contributed by atoms with Gasteiger partial charge in [-0.2, -0.15) is 0 Å². The van der Waals surface area contributed by atoms with Crippen molar-refractivity contribution in [3.05, 3.63) is 42.0 Å². The molecule has 0 spiro atoms. The molecule has 17 heavy (non-hydrogen) atoms. The van der Waals surface area contributed by atoms with Gasteiger partial charge in [0.05, 0.1) is 6.54 Å². The number of fused-ring (bicyclic) bond motifs is 3. The summed E-state index contributed by atoms with van der Waals surface area (Å²) in [5, 5.41) is 3.46. The zero-order valence-corrected chi connectivity index (χ0v) is 10.5. The second-order valence-electron chi connectivity index (χ2n) is 3.90. The molecule has 0 fully saturated rings. The first-order chi connectivity index (χ1) is 8.40. The summed E-state index contributed by atoms with van der Waals surface area (Å²) in [5.74, 6) is 0.980. The monoisotopic (exact) mass is 243 g/mol. The molecule has 0 amide bonds. The molecule has 2 nitrogen and oxygen atoms in total. The Morgan fingerprint density at radius 3 is 2.94 bits per heavy atom. The molecule has 0 saturated carbocycles. The van der Waals surface area contributed by atoms with Crippen molar-refractivity contribution in [2.75, 3.05) is 19.4 Å². The van der Waals surface area contributed by atoms with Gasteiger partial charge in [-0.05, 0) is 17.7 Å². The number of hydrogen-bond donors (Lipinski definition) is 0. The van der Waals surface area contributed by atoms with Crippen LogP contribution in [-0.2, 0) is 0 Å². The van der Waals surface area contributed by atoms with E-state index >= 15 is 0 Å². The summed E-state index contributed by atoms with van der Waals surface area (Å²) in [7, 11) is 0. The highest BCUT2D eigenvalue weighted by atomic mass is 32.2. The van der Waals surface area contributed by atoms with E-state index in [9.17, 15) is 0 Å². The van der Waals surface area contributed by atoms with Crippen LogP contribution in [0.15, 0.2) is 41.4 Å². The van der Waals surface area contributed by atoms with Gasteiger partial charge in [0.1, 0.15) is 17.4 Å². The largest absolute Gasteiger partial charge is 0.490 e. The molecule has 0 N–H and O–H groups in total. The van der Waals surface area contributed by atoms with Gasteiger partial charge < -0.3 is 4.74 Å². The highest BCUT2D eigenvalue weighted by molar-refractivity contribution is 8.13. The van der Waals surface area contributed by atoms with E-state index in [1.165, 1.54) is 10.8 Å². The minimum Gasteiger partial charge on any atom is -0.490 e. The zero-order valence-electron chi connectivity index (χ0n) is 9.64. The molecule has 1 aliphatic heterocycles. The van der Waals surface area contributed by atoms with Crippen LogP contribution in [0.2, 0.25) is 0 Å². The molecule has 1 aliphatic rings. The number of hydrogen-bond acceptors (Lipinski definition) is 3. The maximum absolute atomic E-state index is 5.87. The summed E-state index contributed by atoms with van der Waals surface area (Å²) < 4.78 is 5.87. The van der Waals surface area contributed by atoms with Crippen LogP contribution < -0.4 is 4.74 Å². The Balaban J connectivity index is 2.30. The molecule has 3 heteroatoms. The van der Waals surface area contributed by atoms with Crippen LogP contribution in [0.3, 0.4) is 0 Å². The Morgan fingerprint density at radius 1 is 1.18 bits per heavy atom. The van der Waals surface area contributed by atoms with Gasteiger partial charge in [-0.1, -0.05) is 30.3 Å². The average molecular weight is 243 g/mol.